The largest absolute Gasteiger partial charge is 0.476 e. The maximum atomic E-state index is 10.7. The minimum absolute atomic E-state index is 0.132. The molecule has 0 fully saturated rings. The van der Waals surface area contributed by atoms with Crippen LogP contribution in [0.1, 0.15) is 10.5 Å². The highest BCUT2D eigenvalue weighted by Gasteiger charge is 2.20. The molecule has 0 saturated heterocycles. The highest BCUT2D eigenvalue weighted by atomic mass is 79.9. The molecule has 2 aromatic rings. The number of hydrogen-bond donors (Lipinski definition) is 1. The summed E-state index contributed by atoms with van der Waals surface area (Å²) in [5.41, 5.74) is 0.395. The highest BCUT2D eigenvalue weighted by molar-refractivity contribution is 9.10. The lowest BCUT2D eigenvalue weighted by Crippen LogP contribution is -1.98. The van der Waals surface area contributed by atoms with Crippen molar-refractivity contribution in [3.8, 4) is 11.3 Å². The van der Waals surface area contributed by atoms with E-state index in [-0.39, 0.29) is 11.5 Å². The number of carboxylic acids is 1. The molecule has 0 unspecified atom stereocenters. The van der Waals surface area contributed by atoms with Gasteiger partial charge in [-0.25, -0.2) is 9.78 Å². The lowest BCUT2D eigenvalue weighted by Gasteiger charge is -1.92. The number of nitrogens with zero attached hydrogens (tertiary/aromatic N) is 1. The number of oxazole rings is 1. The van der Waals surface area contributed by atoms with Crippen LogP contribution in [0.3, 0.4) is 0 Å². The van der Waals surface area contributed by atoms with Gasteiger partial charge in [0.05, 0.1) is 11.8 Å². The Balaban J connectivity index is 2.57. The fourth-order valence-corrected chi connectivity index (χ4v) is 1.47. The minimum Gasteiger partial charge on any atom is -0.476 e. The topological polar surface area (TPSA) is 76.5 Å². The van der Waals surface area contributed by atoms with E-state index in [0.717, 1.165) is 6.39 Å². The second-order valence-corrected chi connectivity index (χ2v) is 3.16. The van der Waals surface area contributed by atoms with E-state index < -0.39 is 5.97 Å². The van der Waals surface area contributed by atoms with Crippen LogP contribution in [-0.4, -0.2) is 16.1 Å². The van der Waals surface area contributed by atoms with Gasteiger partial charge in [-0.15, -0.1) is 0 Å². The van der Waals surface area contributed by atoms with E-state index in [2.05, 4.69) is 20.9 Å². The predicted molar refractivity (Wildman–Crippen MR) is 48.9 cm³/mol. The van der Waals surface area contributed by atoms with Crippen molar-refractivity contribution in [2.75, 3.05) is 0 Å². The van der Waals surface area contributed by atoms with Gasteiger partial charge in [0.2, 0.25) is 0 Å². The van der Waals surface area contributed by atoms with Crippen LogP contribution in [0.5, 0.6) is 0 Å². The van der Waals surface area contributed by atoms with E-state index in [9.17, 15) is 4.79 Å². The number of carbonyl (C=O) groups is 1. The molecule has 0 radical (unpaired) electrons. The Kier molecular flexibility index (Phi) is 2.12. The summed E-state index contributed by atoms with van der Waals surface area (Å²) in [6, 6.07) is 1.59. The number of carboxylic acid groups (broad SMARTS) is 1. The molecule has 6 heteroatoms. The average Bonchev–Trinajstić information content (AvgIpc) is 2.70. The van der Waals surface area contributed by atoms with Crippen LogP contribution in [0.2, 0.25) is 0 Å². The number of aromatic carboxylic acids is 1. The maximum absolute atomic E-state index is 10.7. The van der Waals surface area contributed by atoms with Gasteiger partial charge in [-0.2, -0.15) is 0 Å². The third kappa shape index (κ3) is 1.33. The second kappa shape index (κ2) is 3.30. The zero-order valence-electron chi connectivity index (χ0n) is 6.73. The zero-order chi connectivity index (χ0) is 10.1. The van der Waals surface area contributed by atoms with Crippen molar-refractivity contribution in [3.05, 3.63) is 29.1 Å². The number of furan rings is 1. The molecule has 1 N–H and O–H groups in total. The number of rotatable bonds is 2. The van der Waals surface area contributed by atoms with E-state index in [0.29, 0.717) is 10.2 Å². The first-order valence-electron chi connectivity index (χ1n) is 3.60. The van der Waals surface area contributed by atoms with Gasteiger partial charge in [-0.1, -0.05) is 0 Å². The molecule has 2 heterocycles. The number of aromatic nitrogens is 1. The molecule has 72 valence electrons. The summed E-state index contributed by atoms with van der Waals surface area (Å²) in [7, 11) is 0. The molecule has 14 heavy (non-hydrogen) atoms. The zero-order valence-corrected chi connectivity index (χ0v) is 8.32. The molecule has 0 amide bonds. The third-order valence-corrected chi connectivity index (χ3v) is 2.25. The predicted octanol–water partition coefficient (Wildman–Crippen LogP) is 2.40. The van der Waals surface area contributed by atoms with E-state index in [4.69, 9.17) is 13.9 Å². The fraction of sp³-hybridized carbons (Fsp3) is 0. The Bertz CT molecular complexity index is 473. The molecule has 2 rings (SSSR count). The Morgan fingerprint density at radius 1 is 1.50 bits per heavy atom. The summed E-state index contributed by atoms with van der Waals surface area (Å²) in [6.45, 7) is 0. The molecule has 5 nitrogen and oxygen atoms in total. The van der Waals surface area contributed by atoms with E-state index in [1.165, 1.54) is 6.26 Å². The van der Waals surface area contributed by atoms with Gasteiger partial charge in [0, 0.05) is 0 Å². The molecule has 0 aromatic carbocycles. The van der Waals surface area contributed by atoms with Crippen LogP contribution in [0, 0.1) is 0 Å². The number of halogens is 1. The summed E-state index contributed by atoms with van der Waals surface area (Å²) in [5.74, 6) is -0.958. The van der Waals surface area contributed by atoms with Crippen LogP contribution in [-0.2, 0) is 0 Å². The Labute approximate surface area is 86.5 Å². The van der Waals surface area contributed by atoms with E-state index >= 15 is 0 Å². The van der Waals surface area contributed by atoms with Crippen molar-refractivity contribution in [1.82, 2.24) is 4.98 Å². The molecular formula is C8H4BrNO4. The molecule has 0 bridgehead atoms. The van der Waals surface area contributed by atoms with Crippen molar-refractivity contribution in [1.29, 1.82) is 0 Å². The normalized spacial score (nSPS) is 10.4. The van der Waals surface area contributed by atoms with Gasteiger partial charge in [0.25, 0.3) is 0 Å². The fourth-order valence-electron chi connectivity index (χ4n) is 1.05. The van der Waals surface area contributed by atoms with Gasteiger partial charge in [-0.05, 0) is 22.0 Å². The minimum atomic E-state index is -1.14. The van der Waals surface area contributed by atoms with Crippen LogP contribution in [0.25, 0.3) is 11.3 Å². The van der Waals surface area contributed by atoms with Crippen molar-refractivity contribution in [2.24, 2.45) is 0 Å². The van der Waals surface area contributed by atoms with E-state index in [1.807, 2.05) is 0 Å². The van der Waals surface area contributed by atoms with Gasteiger partial charge in [-0.3, -0.25) is 0 Å². The molecule has 0 saturated carbocycles. The smallest absolute Gasteiger partial charge is 0.358 e. The first-order chi connectivity index (χ1) is 6.70. The number of hydrogen-bond acceptors (Lipinski definition) is 4. The molecule has 0 spiro atoms. The van der Waals surface area contributed by atoms with Crippen LogP contribution >= 0.6 is 15.9 Å². The van der Waals surface area contributed by atoms with Gasteiger partial charge in [0.1, 0.15) is 0 Å². The summed E-state index contributed by atoms with van der Waals surface area (Å²) in [5, 5.41) is 8.78. The van der Waals surface area contributed by atoms with E-state index in [1.54, 1.807) is 6.07 Å². The van der Waals surface area contributed by atoms with Crippen LogP contribution < -0.4 is 0 Å². The first-order valence-corrected chi connectivity index (χ1v) is 4.39. The lowest BCUT2D eigenvalue weighted by molar-refractivity contribution is 0.0691. The van der Waals surface area contributed by atoms with Crippen molar-refractivity contribution in [3.63, 3.8) is 0 Å². The SMILES string of the molecule is O=C(O)c1ncoc1-c1ccoc1Br. The van der Waals surface area contributed by atoms with Gasteiger partial charge in [0.15, 0.2) is 22.5 Å². The molecule has 0 aliphatic carbocycles. The Morgan fingerprint density at radius 2 is 2.29 bits per heavy atom. The Hall–Kier alpha value is -1.56. The molecule has 2 aromatic heterocycles. The summed E-state index contributed by atoms with van der Waals surface area (Å²) in [4.78, 5) is 14.3. The van der Waals surface area contributed by atoms with Crippen molar-refractivity contribution >= 4 is 21.9 Å². The molecular weight excluding hydrogens is 254 g/mol. The quantitative estimate of drug-likeness (QED) is 0.894. The molecule has 0 aliphatic heterocycles. The van der Waals surface area contributed by atoms with Crippen LogP contribution in [0.4, 0.5) is 0 Å². The van der Waals surface area contributed by atoms with Gasteiger partial charge >= 0.3 is 5.97 Å². The van der Waals surface area contributed by atoms with Crippen molar-refractivity contribution in [2.45, 2.75) is 0 Å². The van der Waals surface area contributed by atoms with Crippen LogP contribution in [0.15, 0.2) is 32.2 Å². The summed E-state index contributed by atoms with van der Waals surface area (Å²) >= 11 is 3.12. The lowest BCUT2D eigenvalue weighted by atomic mass is 10.2. The standard InChI is InChI=1S/C8H4BrNO4/c9-7-4(1-2-13-7)6-5(8(11)12)10-3-14-6/h1-3H,(H,11,12). The summed E-state index contributed by atoms with van der Waals surface area (Å²) < 4.78 is 10.3. The highest BCUT2D eigenvalue weighted by Crippen LogP contribution is 2.31. The molecule has 0 atom stereocenters. The molecule has 0 aliphatic rings. The summed E-state index contributed by atoms with van der Waals surface area (Å²) in [6.07, 6.45) is 2.51. The first kappa shape index (κ1) is 9.01. The van der Waals surface area contributed by atoms with Crippen molar-refractivity contribution < 1.29 is 18.7 Å². The average molecular weight is 258 g/mol. The Morgan fingerprint density at radius 3 is 2.86 bits per heavy atom. The second-order valence-electron chi connectivity index (χ2n) is 2.44. The maximum Gasteiger partial charge on any atom is 0.358 e. The monoisotopic (exact) mass is 257 g/mol. The van der Waals surface area contributed by atoms with Gasteiger partial charge < -0.3 is 13.9 Å². The third-order valence-electron chi connectivity index (χ3n) is 1.63.